The number of carboxylic acids is 1. The number of primary amides is 1. The van der Waals surface area contributed by atoms with E-state index >= 15 is 0 Å². The summed E-state index contributed by atoms with van der Waals surface area (Å²) in [7, 11) is 0. The van der Waals surface area contributed by atoms with Gasteiger partial charge < -0.3 is 10.8 Å². The zero-order chi connectivity index (χ0) is 7.28. The summed E-state index contributed by atoms with van der Waals surface area (Å²) in [5.41, 5.74) is 4.66. The topological polar surface area (TPSA) is 80.4 Å². The Morgan fingerprint density at radius 2 is 2.11 bits per heavy atom. The predicted molar refractivity (Wildman–Crippen MR) is 30.6 cm³/mol. The van der Waals surface area contributed by atoms with Crippen LogP contribution in [0.1, 0.15) is 6.42 Å². The van der Waals surface area contributed by atoms with Crippen molar-refractivity contribution in [2.24, 2.45) is 5.73 Å². The second kappa shape index (κ2) is 3.65. The Kier molecular flexibility index (Phi) is 3.12. The van der Waals surface area contributed by atoms with Crippen molar-refractivity contribution >= 4 is 11.9 Å². The van der Waals surface area contributed by atoms with Crippen LogP contribution < -0.4 is 5.73 Å². The minimum Gasteiger partial charge on any atom is -0.481 e. The van der Waals surface area contributed by atoms with E-state index < -0.39 is 11.9 Å². The maximum Gasteiger partial charge on any atom is 0.307 e. The summed E-state index contributed by atoms with van der Waals surface area (Å²) in [5, 5.41) is 8.02. The number of nitrogens with two attached hydrogens (primary N) is 1. The Morgan fingerprint density at radius 3 is 2.44 bits per heavy atom. The number of hydrogen-bond donors (Lipinski definition) is 2. The van der Waals surface area contributed by atoms with E-state index in [0.717, 1.165) is 6.08 Å². The molecule has 9 heavy (non-hydrogen) atoms. The molecular formula is C5H7NO3. The van der Waals surface area contributed by atoms with Crippen LogP contribution in [0.5, 0.6) is 0 Å². The van der Waals surface area contributed by atoms with Gasteiger partial charge in [0.25, 0.3) is 0 Å². The van der Waals surface area contributed by atoms with Gasteiger partial charge in [0.2, 0.25) is 5.91 Å². The van der Waals surface area contributed by atoms with Crippen LogP contribution in [0.15, 0.2) is 12.2 Å². The number of amides is 1. The Bertz CT molecular complexity index is 150. The van der Waals surface area contributed by atoms with E-state index in [9.17, 15) is 9.59 Å². The highest BCUT2D eigenvalue weighted by Gasteiger charge is 1.89. The molecule has 50 valence electrons. The van der Waals surface area contributed by atoms with Gasteiger partial charge >= 0.3 is 5.97 Å². The number of rotatable bonds is 3. The van der Waals surface area contributed by atoms with Crippen LogP contribution in [0.4, 0.5) is 0 Å². The molecule has 0 radical (unpaired) electrons. The first-order chi connectivity index (χ1) is 4.13. The second-order valence-electron chi connectivity index (χ2n) is 1.40. The number of hydrogen-bond acceptors (Lipinski definition) is 2. The maximum absolute atomic E-state index is 9.92. The van der Waals surface area contributed by atoms with E-state index in [1.807, 2.05) is 0 Å². The van der Waals surface area contributed by atoms with Gasteiger partial charge in [0.05, 0.1) is 6.42 Å². The largest absolute Gasteiger partial charge is 0.481 e. The van der Waals surface area contributed by atoms with Crippen LogP contribution in [-0.2, 0) is 9.59 Å². The predicted octanol–water partition coefficient (Wildman–Crippen LogP) is -0.497. The van der Waals surface area contributed by atoms with E-state index in [1.54, 1.807) is 0 Å². The molecule has 0 aromatic rings. The normalized spacial score (nSPS) is 9.78. The fraction of sp³-hybridized carbons (Fsp3) is 0.200. The zero-order valence-electron chi connectivity index (χ0n) is 4.70. The van der Waals surface area contributed by atoms with Gasteiger partial charge in [0, 0.05) is 0 Å². The highest BCUT2D eigenvalue weighted by Crippen LogP contribution is 1.80. The molecule has 0 aromatic carbocycles. The average Bonchev–Trinajstić information content (AvgIpc) is 1.63. The van der Waals surface area contributed by atoms with Crippen molar-refractivity contribution in [1.82, 2.24) is 0 Å². The third-order valence-corrected chi connectivity index (χ3v) is 0.575. The number of carboxylic acid groups (broad SMARTS) is 1. The molecule has 0 aliphatic heterocycles. The fourth-order valence-electron chi connectivity index (χ4n) is 0.276. The van der Waals surface area contributed by atoms with E-state index in [-0.39, 0.29) is 6.42 Å². The third-order valence-electron chi connectivity index (χ3n) is 0.575. The first-order valence-corrected chi connectivity index (χ1v) is 2.30. The third kappa shape index (κ3) is 6.68. The molecule has 0 spiro atoms. The molecule has 0 aliphatic rings. The summed E-state index contributed by atoms with van der Waals surface area (Å²) in [6.45, 7) is 0. The van der Waals surface area contributed by atoms with Crippen molar-refractivity contribution in [2.45, 2.75) is 6.42 Å². The molecule has 3 N–H and O–H groups in total. The van der Waals surface area contributed by atoms with Gasteiger partial charge in [0.15, 0.2) is 0 Å². The lowest BCUT2D eigenvalue weighted by atomic mass is 10.4. The molecule has 0 bridgehead atoms. The first-order valence-electron chi connectivity index (χ1n) is 2.30. The highest BCUT2D eigenvalue weighted by molar-refractivity contribution is 5.86. The Morgan fingerprint density at radius 1 is 1.56 bits per heavy atom. The van der Waals surface area contributed by atoms with Crippen molar-refractivity contribution in [3.63, 3.8) is 0 Å². The molecule has 4 heteroatoms. The SMILES string of the molecule is NC(=O)C=CCC(=O)O. The Balaban J connectivity index is 3.48. The molecule has 0 rings (SSSR count). The van der Waals surface area contributed by atoms with Crippen molar-refractivity contribution in [3.8, 4) is 0 Å². The smallest absolute Gasteiger partial charge is 0.307 e. The minimum absolute atomic E-state index is 0.164. The molecule has 0 atom stereocenters. The number of carbonyl (C=O) groups excluding carboxylic acids is 1. The highest BCUT2D eigenvalue weighted by atomic mass is 16.4. The lowest BCUT2D eigenvalue weighted by Crippen LogP contribution is -2.05. The molecule has 1 amide bonds. The molecule has 0 heterocycles. The molecule has 0 fully saturated rings. The van der Waals surface area contributed by atoms with E-state index in [0.29, 0.717) is 0 Å². The quantitative estimate of drug-likeness (QED) is 0.504. The Hall–Kier alpha value is -1.32. The Labute approximate surface area is 52.0 Å². The van der Waals surface area contributed by atoms with Crippen LogP contribution in [0.25, 0.3) is 0 Å². The number of carbonyl (C=O) groups is 2. The van der Waals surface area contributed by atoms with Gasteiger partial charge in [-0.25, -0.2) is 0 Å². The summed E-state index contributed by atoms with van der Waals surface area (Å²) < 4.78 is 0. The fourth-order valence-corrected chi connectivity index (χ4v) is 0.276. The van der Waals surface area contributed by atoms with Crippen molar-refractivity contribution < 1.29 is 14.7 Å². The molecule has 4 nitrogen and oxygen atoms in total. The van der Waals surface area contributed by atoms with Crippen molar-refractivity contribution in [1.29, 1.82) is 0 Å². The van der Waals surface area contributed by atoms with Crippen LogP contribution in [0.2, 0.25) is 0 Å². The van der Waals surface area contributed by atoms with Crippen LogP contribution in [0.3, 0.4) is 0 Å². The number of aliphatic carboxylic acids is 1. The molecule has 0 saturated carbocycles. The van der Waals surface area contributed by atoms with Gasteiger partial charge in [-0.3, -0.25) is 9.59 Å². The zero-order valence-corrected chi connectivity index (χ0v) is 4.70. The second-order valence-corrected chi connectivity index (χ2v) is 1.40. The summed E-state index contributed by atoms with van der Waals surface area (Å²) >= 11 is 0. The van der Waals surface area contributed by atoms with Gasteiger partial charge in [0.1, 0.15) is 0 Å². The molecular weight excluding hydrogens is 122 g/mol. The summed E-state index contributed by atoms with van der Waals surface area (Å²) in [6.07, 6.45) is 2.06. The van der Waals surface area contributed by atoms with Crippen LogP contribution in [-0.4, -0.2) is 17.0 Å². The monoisotopic (exact) mass is 129 g/mol. The minimum atomic E-state index is -0.979. The van der Waals surface area contributed by atoms with Gasteiger partial charge in [-0.2, -0.15) is 0 Å². The lowest BCUT2D eigenvalue weighted by molar-refractivity contribution is -0.135. The summed E-state index contributed by atoms with van der Waals surface area (Å²) in [4.78, 5) is 19.7. The van der Waals surface area contributed by atoms with Gasteiger partial charge in [-0.15, -0.1) is 0 Å². The average molecular weight is 129 g/mol. The van der Waals surface area contributed by atoms with Crippen LogP contribution >= 0.6 is 0 Å². The van der Waals surface area contributed by atoms with Crippen molar-refractivity contribution in [3.05, 3.63) is 12.2 Å². The van der Waals surface area contributed by atoms with Crippen LogP contribution in [0, 0.1) is 0 Å². The van der Waals surface area contributed by atoms with Gasteiger partial charge in [-0.05, 0) is 6.08 Å². The maximum atomic E-state index is 9.92. The molecule has 0 aromatic heterocycles. The summed E-state index contributed by atoms with van der Waals surface area (Å²) in [6, 6.07) is 0. The standard InChI is InChI=1S/C5H7NO3/c6-4(7)2-1-3-5(8)9/h1-2H,3H2,(H2,6,7)(H,8,9). The van der Waals surface area contributed by atoms with Crippen molar-refractivity contribution in [2.75, 3.05) is 0 Å². The van der Waals surface area contributed by atoms with E-state index in [2.05, 4.69) is 5.73 Å². The molecule has 0 unspecified atom stereocenters. The van der Waals surface area contributed by atoms with E-state index in [4.69, 9.17) is 5.11 Å². The summed E-state index contributed by atoms with van der Waals surface area (Å²) in [5.74, 6) is -1.61. The van der Waals surface area contributed by atoms with E-state index in [1.165, 1.54) is 6.08 Å². The first kappa shape index (κ1) is 7.68. The lowest BCUT2D eigenvalue weighted by Gasteiger charge is -1.80. The molecule has 0 aliphatic carbocycles. The van der Waals surface area contributed by atoms with Gasteiger partial charge in [-0.1, -0.05) is 6.08 Å². The molecule has 0 saturated heterocycles.